The minimum atomic E-state index is -2.48. The Labute approximate surface area is 245 Å². The molecule has 1 aliphatic carbocycles. The van der Waals surface area contributed by atoms with Gasteiger partial charge < -0.3 is 4.90 Å². The molecule has 0 heterocycles. The van der Waals surface area contributed by atoms with E-state index in [2.05, 4.69) is 77.3 Å². The second kappa shape index (κ2) is 24.7. The zero-order valence-corrected chi connectivity index (χ0v) is 27.7. The highest BCUT2D eigenvalue weighted by molar-refractivity contribution is 6.31. The summed E-state index contributed by atoms with van der Waals surface area (Å²) in [6, 6.07) is 0. The van der Waals surface area contributed by atoms with Gasteiger partial charge >= 0.3 is 0 Å². The van der Waals surface area contributed by atoms with Crippen LogP contribution in [0.1, 0.15) is 108 Å². The molecule has 0 spiro atoms. The molecule has 1 aliphatic rings. The van der Waals surface area contributed by atoms with Crippen molar-refractivity contribution in [3.8, 4) is 0 Å². The third-order valence-corrected chi connectivity index (χ3v) is 6.81. The van der Waals surface area contributed by atoms with Gasteiger partial charge in [0.25, 0.3) is 0 Å². The normalized spacial score (nSPS) is 15.5. The first kappa shape index (κ1) is 41.2. The largest absolute Gasteiger partial charge is 0.372 e. The fraction of sp³-hybridized carbons (Fsp3) is 0.636. The monoisotopic (exact) mass is 575 g/mol. The van der Waals surface area contributed by atoms with Crippen molar-refractivity contribution in [2.75, 3.05) is 13.1 Å². The maximum Gasteiger partial charge on any atom is 0.248 e. The van der Waals surface area contributed by atoms with Crippen LogP contribution in [0.5, 0.6) is 0 Å². The Hall–Kier alpha value is -1.32. The molecule has 1 unspecified atom stereocenters. The zero-order chi connectivity index (χ0) is 30.3. The fourth-order valence-corrected chi connectivity index (χ4v) is 3.40. The smallest absolute Gasteiger partial charge is 0.248 e. The lowest BCUT2D eigenvalue weighted by Crippen LogP contribution is -2.23. The summed E-state index contributed by atoms with van der Waals surface area (Å²) in [5.41, 5.74) is 3.70. The summed E-state index contributed by atoms with van der Waals surface area (Å²) in [5.74, 6) is -1.52. The molecule has 222 valence electrons. The van der Waals surface area contributed by atoms with Gasteiger partial charge in [-0.05, 0) is 64.5 Å². The third-order valence-electron chi connectivity index (χ3n) is 5.85. The van der Waals surface area contributed by atoms with E-state index in [0.717, 1.165) is 35.1 Å². The minimum absolute atomic E-state index is 0.000278. The summed E-state index contributed by atoms with van der Waals surface area (Å²) in [5, 5.41) is 1.72. The van der Waals surface area contributed by atoms with Gasteiger partial charge in [0, 0.05) is 48.1 Å². The topological polar surface area (TPSA) is 3.24 Å². The van der Waals surface area contributed by atoms with E-state index >= 15 is 0 Å². The van der Waals surface area contributed by atoms with Crippen LogP contribution in [0.25, 0.3) is 0 Å². The lowest BCUT2D eigenvalue weighted by atomic mass is 10.0. The summed E-state index contributed by atoms with van der Waals surface area (Å²) in [4.78, 5) is 2.41. The number of likely N-dealkylation sites (N-methyl/N-ethyl adjacent to an activating group) is 1. The average Bonchev–Trinajstić information content (AvgIpc) is 3.04. The van der Waals surface area contributed by atoms with Gasteiger partial charge in [0.2, 0.25) is 5.92 Å². The van der Waals surface area contributed by atoms with Crippen LogP contribution in [0.15, 0.2) is 69.9 Å². The second-order valence-corrected chi connectivity index (χ2v) is 10.4. The van der Waals surface area contributed by atoms with Gasteiger partial charge in [0.1, 0.15) is 0 Å². The van der Waals surface area contributed by atoms with Crippen molar-refractivity contribution in [3.05, 3.63) is 69.9 Å². The fourth-order valence-electron chi connectivity index (χ4n) is 3.24. The number of hydrogen-bond acceptors (Lipinski definition) is 1. The molecule has 5 heteroatoms. The van der Waals surface area contributed by atoms with Crippen LogP contribution >= 0.6 is 23.2 Å². The molecule has 0 bridgehead atoms. The summed E-state index contributed by atoms with van der Waals surface area (Å²) < 4.78 is 25.5. The molecular weight excluding hydrogens is 519 g/mol. The van der Waals surface area contributed by atoms with Gasteiger partial charge in [-0.2, -0.15) is 0 Å². The van der Waals surface area contributed by atoms with Gasteiger partial charge in [-0.25, -0.2) is 8.78 Å². The van der Waals surface area contributed by atoms with Gasteiger partial charge in [0.05, 0.1) is 0 Å². The van der Waals surface area contributed by atoms with Crippen molar-refractivity contribution in [2.24, 2.45) is 11.8 Å². The van der Waals surface area contributed by atoms with Crippen LogP contribution < -0.4 is 0 Å². The Balaban J connectivity index is -0.000000473. The maximum absolute atomic E-state index is 12.7. The van der Waals surface area contributed by atoms with E-state index in [0.29, 0.717) is 24.7 Å². The van der Waals surface area contributed by atoms with E-state index in [1.807, 2.05) is 32.9 Å². The van der Waals surface area contributed by atoms with E-state index in [9.17, 15) is 8.78 Å². The molecule has 38 heavy (non-hydrogen) atoms. The van der Waals surface area contributed by atoms with Crippen molar-refractivity contribution < 1.29 is 8.78 Å². The molecule has 0 radical (unpaired) electrons. The highest BCUT2D eigenvalue weighted by atomic mass is 35.5. The Morgan fingerprint density at radius 1 is 1.11 bits per heavy atom. The second-order valence-electron chi connectivity index (χ2n) is 9.52. The van der Waals surface area contributed by atoms with E-state index in [4.69, 9.17) is 23.2 Å². The number of allylic oxidation sites excluding steroid dienone is 10. The van der Waals surface area contributed by atoms with E-state index in [1.165, 1.54) is 11.3 Å². The molecule has 0 aromatic rings. The molecule has 0 aromatic heterocycles. The van der Waals surface area contributed by atoms with Gasteiger partial charge in [-0.15, -0.1) is 6.58 Å². The lowest BCUT2D eigenvalue weighted by Gasteiger charge is -2.25. The standard InChI is InChI=1S/C13H21N.C9H14Cl2.C9H16F2.C2H6/c1-5-14(6-2)13-10-8-7-9-11(3)12(13)4;1-4-8(10)5-6-9(11)7(2)3;1-4-6-9(10,11)7-5-8(2)3;1-2/h7-11H,5-6H2,1-4H3;4,6-7H,5H2,1-3H3;2,4-7H2,1,3H3;1-2H3/b;8-4+,9-6+;;. The molecule has 0 amide bonds. The van der Waals surface area contributed by atoms with Crippen molar-refractivity contribution >= 4 is 23.2 Å². The molecule has 1 rings (SSSR count). The minimum Gasteiger partial charge on any atom is -0.372 e. The van der Waals surface area contributed by atoms with Crippen molar-refractivity contribution in [2.45, 2.75) is 114 Å². The van der Waals surface area contributed by atoms with Crippen LogP contribution in [0.3, 0.4) is 0 Å². The van der Waals surface area contributed by atoms with Crippen LogP contribution in [-0.4, -0.2) is 23.9 Å². The van der Waals surface area contributed by atoms with Gasteiger partial charge in [-0.1, -0.05) is 107 Å². The predicted molar refractivity (Wildman–Crippen MR) is 171 cm³/mol. The summed E-state index contributed by atoms with van der Waals surface area (Å²) in [6.07, 6.45) is 14.3. The number of halogens is 4. The van der Waals surface area contributed by atoms with E-state index in [-0.39, 0.29) is 12.8 Å². The van der Waals surface area contributed by atoms with Crippen molar-refractivity contribution in [1.29, 1.82) is 0 Å². The molecule has 0 N–H and O–H groups in total. The highest BCUT2D eigenvalue weighted by Crippen LogP contribution is 2.27. The Kier molecular flexibility index (Phi) is 26.8. The first-order valence-corrected chi connectivity index (χ1v) is 15.0. The molecule has 1 nitrogen and oxygen atoms in total. The van der Waals surface area contributed by atoms with Crippen LogP contribution in [0, 0.1) is 11.8 Å². The van der Waals surface area contributed by atoms with Crippen molar-refractivity contribution in [1.82, 2.24) is 4.90 Å². The van der Waals surface area contributed by atoms with E-state index < -0.39 is 5.92 Å². The molecule has 0 saturated carbocycles. The third kappa shape index (κ3) is 21.6. The van der Waals surface area contributed by atoms with Crippen LogP contribution in [0.4, 0.5) is 8.78 Å². The highest BCUT2D eigenvalue weighted by Gasteiger charge is 2.26. The average molecular weight is 577 g/mol. The van der Waals surface area contributed by atoms with Crippen LogP contribution in [0.2, 0.25) is 0 Å². The predicted octanol–water partition coefficient (Wildman–Crippen LogP) is 12.5. The van der Waals surface area contributed by atoms with Gasteiger partial charge in [0.15, 0.2) is 0 Å². The number of alkyl halides is 2. The van der Waals surface area contributed by atoms with Crippen molar-refractivity contribution in [3.63, 3.8) is 0 Å². The summed E-state index contributed by atoms with van der Waals surface area (Å²) >= 11 is 11.7. The first-order valence-electron chi connectivity index (χ1n) is 14.2. The molecular formula is C33H57Cl2F2N. The molecule has 0 aromatic carbocycles. The molecule has 1 atom stereocenters. The summed E-state index contributed by atoms with van der Waals surface area (Å²) in [7, 11) is 0. The maximum atomic E-state index is 12.7. The molecule has 0 aliphatic heterocycles. The first-order chi connectivity index (χ1) is 17.8. The SMILES string of the molecule is C/C=C(/Cl)C/C=C(/Cl)C(C)C.C=C(C)CCC(F)(F)CCC.CC.CCN(CC)C1=C(C)C(C)C=CC=C1. The Bertz CT molecular complexity index is 770. The zero-order valence-electron chi connectivity index (χ0n) is 26.2. The Morgan fingerprint density at radius 2 is 1.66 bits per heavy atom. The quantitative estimate of drug-likeness (QED) is 0.221. The number of nitrogens with zero attached hydrogens (tertiary/aromatic N) is 1. The van der Waals surface area contributed by atoms with E-state index in [1.54, 1.807) is 13.8 Å². The van der Waals surface area contributed by atoms with Gasteiger partial charge in [-0.3, -0.25) is 0 Å². The Morgan fingerprint density at radius 3 is 2.08 bits per heavy atom. The number of rotatable bonds is 11. The summed E-state index contributed by atoms with van der Waals surface area (Å²) in [6.45, 7) is 28.2. The molecule has 0 fully saturated rings. The van der Waals surface area contributed by atoms with Crippen LogP contribution in [-0.2, 0) is 0 Å². The number of hydrogen-bond donors (Lipinski definition) is 0. The lowest BCUT2D eigenvalue weighted by molar-refractivity contribution is -0.0163. The molecule has 0 saturated heterocycles.